The Morgan fingerprint density at radius 1 is 1.47 bits per heavy atom. The van der Waals surface area contributed by atoms with Crippen molar-refractivity contribution in [3.05, 3.63) is 34.3 Å². The van der Waals surface area contributed by atoms with Crippen LogP contribution in [-0.4, -0.2) is 38.1 Å². The number of ether oxygens (including phenoxy) is 1. The van der Waals surface area contributed by atoms with Crippen LogP contribution in [0.3, 0.4) is 0 Å². The van der Waals surface area contributed by atoms with Gasteiger partial charge in [-0.2, -0.15) is 0 Å². The molecule has 1 aromatic carbocycles. The molecule has 0 saturated heterocycles. The first kappa shape index (κ1) is 15.7. The van der Waals surface area contributed by atoms with Gasteiger partial charge in [0.15, 0.2) is 9.84 Å². The largest absolute Gasteiger partial charge is 0.492 e. The quantitative estimate of drug-likeness (QED) is 0.795. The number of aliphatic carboxylic acids is 1. The summed E-state index contributed by atoms with van der Waals surface area (Å²) in [5.41, 5.74) is 0.560. The third kappa shape index (κ3) is 6.40. The molecule has 19 heavy (non-hydrogen) atoms. The molecule has 0 aromatic heterocycles. The maximum Gasteiger partial charge on any atom is 0.328 e. The number of hydrogen-bond donors (Lipinski definition) is 1. The predicted molar refractivity (Wildman–Crippen MR) is 76.0 cm³/mol. The molecule has 7 heteroatoms. The van der Waals surface area contributed by atoms with Crippen LogP contribution in [0.4, 0.5) is 0 Å². The summed E-state index contributed by atoms with van der Waals surface area (Å²) >= 11 is 3.27. The van der Waals surface area contributed by atoms with Gasteiger partial charge in [0.05, 0.1) is 5.75 Å². The minimum absolute atomic E-state index is 0.0222. The molecular weight excluding hydrogens is 336 g/mol. The van der Waals surface area contributed by atoms with Crippen molar-refractivity contribution < 1.29 is 23.1 Å². The van der Waals surface area contributed by atoms with Crippen LogP contribution in [0.2, 0.25) is 0 Å². The first-order valence-electron chi connectivity index (χ1n) is 5.29. The van der Waals surface area contributed by atoms with Crippen LogP contribution in [0.5, 0.6) is 5.75 Å². The van der Waals surface area contributed by atoms with Gasteiger partial charge in [0, 0.05) is 22.4 Å². The maximum absolute atomic E-state index is 11.0. The van der Waals surface area contributed by atoms with E-state index >= 15 is 0 Å². The molecule has 0 aliphatic carbocycles. The van der Waals surface area contributed by atoms with Gasteiger partial charge in [0.2, 0.25) is 0 Å². The molecule has 0 spiro atoms. The molecule has 0 atom stereocenters. The lowest BCUT2D eigenvalue weighted by atomic mass is 10.2. The van der Waals surface area contributed by atoms with E-state index in [1.807, 2.05) is 0 Å². The molecule has 5 nitrogen and oxygen atoms in total. The van der Waals surface area contributed by atoms with Crippen molar-refractivity contribution in [2.24, 2.45) is 0 Å². The third-order valence-electron chi connectivity index (χ3n) is 2.09. The third-order valence-corrected chi connectivity index (χ3v) is 3.49. The molecule has 104 valence electrons. The van der Waals surface area contributed by atoms with Crippen LogP contribution in [0, 0.1) is 0 Å². The van der Waals surface area contributed by atoms with E-state index in [1.165, 1.54) is 6.08 Å². The minimum atomic E-state index is -3.09. The normalized spacial score (nSPS) is 11.7. The average Bonchev–Trinajstić information content (AvgIpc) is 2.27. The molecule has 1 rings (SSSR count). The molecule has 1 N–H and O–H groups in total. The van der Waals surface area contributed by atoms with Gasteiger partial charge in [-0.1, -0.05) is 15.9 Å². The molecule has 0 heterocycles. The van der Waals surface area contributed by atoms with Gasteiger partial charge in [-0.3, -0.25) is 0 Å². The van der Waals surface area contributed by atoms with Crippen molar-refractivity contribution in [1.82, 2.24) is 0 Å². The molecule has 0 amide bonds. The van der Waals surface area contributed by atoms with Crippen molar-refractivity contribution in [1.29, 1.82) is 0 Å². The van der Waals surface area contributed by atoms with Gasteiger partial charge in [0.25, 0.3) is 0 Å². The fraction of sp³-hybridized carbons (Fsp3) is 0.250. The SMILES string of the molecule is CS(=O)(=O)CCOc1ccc(Br)cc1/C=C/C(=O)O. The Hall–Kier alpha value is -1.34. The summed E-state index contributed by atoms with van der Waals surface area (Å²) in [6, 6.07) is 5.07. The summed E-state index contributed by atoms with van der Waals surface area (Å²) < 4.78 is 28.1. The second-order valence-electron chi connectivity index (χ2n) is 3.83. The fourth-order valence-electron chi connectivity index (χ4n) is 1.25. The van der Waals surface area contributed by atoms with E-state index in [4.69, 9.17) is 9.84 Å². The predicted octanol–water partition coefficient (Wildman–Crippen LogP) is 1.97. The topological polar surface area (TPSA) is 80.7 Å². The number of halogens is 1. The first-order valence-corrected chi connectivity index (χ1v) is 8.14. The first-order chi connectivity index (χ1) is 8.78. The van der Waals surface area contributed by atoms with E-state index < -0.39 is 15.8 Å². The van der Waals surface area contributed by atoms with Gasteiger partial charge in [-0.15, -0.1) is 0 Å². The Bertz CT molecular complexity index is 592. The highest BCUT2D eigenvalue weighted by Gasteiger charge is 2.06. The molecule has 0 aliphatic rings. The zero-order chi connectivity index (χ0) is 14.5. The Balaban J connectivity index is 2.85. The number of carboxylic acids is 1. The lowest BCUT2D eigenvalue weighted by Gasteiger charge is -2.09. The fourth-order valence-corrected chi connectivity index (χ4v) is 2.01. The molecular formula is C12H13BrO5S. The monoisotopic (exact) mass is 348 g/mol. The lowest BCUT2D eigenvalue weighted by molar-refractivity contribution is -0.131. The molecule has 0 aliphatic heterocycles. The molecule has 1 aromatic rings. The highest BCUT2D eigenvalue weighted by Crippen LogP contribution is 2.24. The standard InChI is InChI=1S/C12H13BrO5S/c1-19(16,17)7-6-18-11-4-3-10(13)8-9(11)2-5-12(14)15/h2-5,8H,6-7H2,1H3,(H,14,15)/b5-2+. The second-order valence-corrected chi connectivity index (χ2v) is 7.01. The maximum atomic E-state index is 11.0. The minimum Gasteiger partial charge on any atom is -0.492 e. The highest BCUT2D eigenvalue weighted by molar-refractivity contribution is 9.10. The lowest BCUT2D eigenvalue weighted by Crippen LogP contribution is -2.12. The van der Waals surface area contributed by atoms with Gasteiger partial charge >= 0.3 is 5.97 Å². The molecule has 0 unspecified atom stereocenters. The van der Waals surface area contributed by atoms with Crippen molar-refractivity contribution in [2.75, 3.05) is 18.6 Å². The van der Waals surface area contributed by atoms with Gasteiger partial charge in [-0.05, 0) is 24.3 Å². The van der Waals surface area contributed by atoms with Crippen molar-refractivity contribution in [3.63, 3.8) is 0 Å². The number of hydrogen-bond acceptors (Lipinski definition) is 4. The van der Waals surface area contributed by atoms with Crippen LogP contribution in [0.25, 0.3) is 6.08 Å². The average molecular weight is 349 g/mol. The number of carbonyl (C=O) groups is 1. The molecule has 0 bridgehead atoms. The molecule has 0 fully saturated rings. The van der Waals surface area contributed by atoms with Crippen molar-refractivity contribution in [2.45, 2.75) is 0 Å². The number of rotatable bonds is 6. The second kappa shape index (κ2) is 6.72. The van der Waals surface area contributed by atoms with Crippen molar-refractivity contribution in [3.8, 4) is 5.75 Å². The number of carboxylic acid groups (broad SMARTS) is 1. The number of benzene rings is 1. The van der Waals surface area contributed by atoms with Crippen LogP contribution in [-0.2, 0) is 14.6 Å². The van der Waals surface area contributed by atoms with Crippen LogP contribution < -0.4 is 4.74 Å². The van der Waals surface area contributed by atoms with Gasteiger partial charge in [-0.25, -0.2) is 13.2 Å². The van der Waals surface area contributed by atoms with Crippen molar-refractivity contribution >= 4 is 37.8 Å². The zero-order valence-corrected chi connectivity index (χ0v) is 12.6. The summed E-state index contributed by atoms with van der Waals surface area (Å²) in [5, 5.41) is 8.60. The van der Waals surface area contributed by atoms with E-state index in [2.05, 4.69) is 15.9 Å². The Morgan fingerprint density at radius 3 is 2.74 bits per heavy atom. The van der Waals surface area contributed by atoms with Crippen LogP contribution in [0.1, 0.15) is 5.56 Å². The number of sulfone groups is 1. The Kier molecular flexibility index (Phi) is 5.56. The summed E-state index contributed by atoms with van der Waals surface area (Å²) in [4.78, 5) is 10.5. The Morgan fingerprint density at radius 2 is 2.16 bits per heavy atom. The van der Waals surface area contributed by atoms with E-state index in [0.29, 0.717) is 11.3 Å². The van der Waals surface area contributed by atoms with Crippen LogP contribution >= 0.6 is 15.9 Å². The van der Waals surface area contributed by atoms with E-state index in [-0.39, 0.29) is 12.4 Å². The van der Waals surface area contributed by atoms with E-state index in [1.54, 1.807) is 18.2 Å². The zero-order valence-electron chi connectivity index (χ0n) is 10.2. The van der Waals surface area contributed by atoms with E-state index in [9.17, 15) is 13.2 Å². The summed E-state index contributed by atoms with van der Waals surface area (Å²) in [7, 11) is -3.09. The summed E-state index contributed by atoms with van der Waals surface area (Å²) in [5.74, 6) is -0.725. The van der Waals surface area contributed by atoms with E-state index in [0.717, 1.165) is 16.8 Å². The summed E-state index contributed by atoms with van der Waals surface area (Å²) in [6.07, 6.45) is 3.51. The van der Waals surface area contributed by atoms with Gasteiger partial charge in [0.1, 0.15) is 12.4 Å². The Labute approximate surface area is 119 Å². The van der Waals surface area contributed by atoms with Gasteiger partial charge < -0.3 is 9.84 Å². The molecule has 0 saturated carbocycles. The smallest absolute Gasteiger partial charge is 0.328 e. The summed E-state index contributed by atoms with van der Waals surface area (Å²) in [6.45, 7) is 0.0222. The molecule has 0 radical (unpaired) electrons. The highest BCUT2D eigenvalue weighted by atomic mass is 79.9. The van der Waals surface area contributed by atoms with Crippen LogP contribution in [0.15, 0.2) is 28.7 Å².